The van der Waals surface area contributed by atoms with Gasteiger partial charge in [0.2, 0.25) is 0 Å². The third-order valence-corrected chi connectivity index (χ3v) is 4.89. The zero-order chi connectivity index (χ0) is 16.2. The Hall–Kier alpha value is -2.43. The summed E-state index contributed by atoms with van der Waals surface area (Å²) in [7, 11) is 0. The van der Waals surface area contributed by atoms with Crippen LogP contribution in [0.1, 0.15) is 5.56 Å². The fraction of sp³-hybridized carbons (Fsp3) is 0.100. The Kier molecular flexibility index (Phi) is 5.64. The number of fused-ring (bicyclic) bond motifs is 1. The van der Waals surface area contributed by atoms with Crippen molar-refractivity contribution in [2.24, 2.45) is 0 Å². The van der Waals surface area contributed by atoms with Gasteiger partial charge in [0, 0.05) is 17.5 Å². The van der Waals surface area contributed by atoms with Crippen LogP contribution in [0, 0.1) is 0 Å². The van der Waals surface area contributed by atoms with Gasteiger partial charge in [-0.3, -0.25) is 0 Å². The second-order valence-electron chi connectivity index (χ2n) is 5.58. The van der Waals surface area contributed by atoms with Crippen molar-refractivity contribution in [1.29, 1.82) is 0 Å². The lowest BCUT2D eigenvalue weighted by Gasteiger charge is -2.08. The molecule has 1 N–H and O–H groups in total. The molecule has 0 radical (unpaired) electrons. The summed E-state index contributed by atoms with van der Waals surface area (Å²) in [5.41, 5.74) is 3.71. The molecule has 0 aliphatic heterocycles. The van der Waals surface area contributed by atoms with Crippen molar-refractivity contribution >= 4 is 39.8 Å². The molecular weight excluding hydrogens is 350 g/mol. The molecule has 0 spiro atoms. The second-order valence-corrected chi connectivity index (χ2v) is 6.44. The molecule has 2 heterocycles. The van der Waals surface area contributed by atoms with Crippen molar-refractivity contribution < 1.29 is 0 Å². The molecule has 4 aromatic rings. The Morgan fingerprint density at radius 3 is 2.36 bits per heavy atom. The van der Waals surface area contributed by atoms with Gasteiger partial charge < -0.3 is 5.32 Å². The molecule has 0 amide bonds. The Balaban J connectivity index is 0.00000182. The molecule has 0 aliphatic carbocycles. The minimum Gasteiger partial charge on any atom is -0.369 e. The van der Waals surface area contributed by atoms with E-state index in [-0.39, 0.29) is 12.4 Å². The fourth-order valence-electron chi connectivity index (χ4n) is 2.81. The van der Waals surface area contributed by atoms with Gasteiger partial charge in [0.05, 0.1) is 5.39 Å². The van der Waals surface area contributed by atoms with E-state index in [4.69, 9.17) is 0 Å². The van der Waals surface area contributed by atoms with Crippen LogP contribution >= 0.6 is 23.7 Å². The maximum absolute atomic E-state index is 4.48. The number of nitrogens with zero attached hydrogens (tertiary/aromatic N) is 2. The molecule has 2 aromatic carbocycles. The average molecular weight is 368 g/mol. The van der Waals surface area contributed by atoms with Crippen molar-refractivity contribution in [3.05, 3.63) is 77.9 Å². The number of nitrogens with one attached hydrogen (secondary N) is 1. The first-order valence-electron chi connectivity index (χ1n) is 7.97. The van der Waals surface area contributed by atoms with Gasteiger partial charge >= 0.3 is 0 Å². The van der Waals surface area contributed by atoms with Crippen molar-refractivity contribution in [2.75, 3.05) is 11.9 Å². The summed E-state index contributed by atoms with van der Waals surface area (Å²) in [4.78, 5) is 9.92. The molecule has 3 nitrogen and oxygen atoms in total. The number of hydrogen-bond donors (Lipinski definition) is 1. The van der Waals surface area contributed by atoms with E-state index < -0.39 is 0 Å². The summed E-state index contributed by atoms with van der Waals surface area (Å²) in [6.07, 6.45) is 2.61. The highest BCUT2D eigenvalue weighted by molar-refractivity contribution is 7.17. The topological polar surface area (TPSA) is 37.8 Å². The fourth-order valence-corrected chi connectivity index (χ4v) is 3.73. The van der Waals surface area contributed by atoms with E-state index in [9.17, 15) is 0 Å². The molecule has 2 aromatic heterocycles. The predicted molar refractivity (Wildman–Crippen MR) is 109 cm³/mol. The zero-order valence-electron chi connectivity index (χ0n) is 13.6. The summed E-state index contributed by atoms with van der Waals surface area (Å²) >= 11 is 1.66. The molecule has 25 heavy (non-hydrogen) atoms. The molecule has 5 heteroatoms. The lowest BCUT2D eigenvalue weighted by molar-refractivity contribution is 1.01. The van der Waals surface area contributed by atoms with Gasteiger partial charge in [0.1, 0.15) is 17.0 Å². The zero-order valence-corrected chi connectivity index (χ0v) is 15.2. The summed E-state index contributed by atoms with van der Waals surface area (Å²) in [5, 5.41) is 6.76. The molecule has 0 atom stereocenters. The first kappa shape index (κ1) is 17.4. The Morgan fingerprint density at radius 2 is 1.60 bits per heavy atom. The Labute approximate surface area is 157 Å². The molecule has 0 fully saturated rings. The van der Waals surface area contributed by atoms with E-state index in [1.54, 1.807) is 17.7 Å². The SMILES string of the molecule is Cl.c1ccc(CCNc2ncnc3scc(-c4ccccc4)c23)cc1. The minimum atomic E-state index is 0. The highest BCUT2D eigenvalue weighted by Crippen LogP contribution is 2.36. The molecule has 0 unspecified atom stereocenters. The van der Waals surface area contributed by atoms with Crippen LogP contribution < -0.4 is 5.32 Å². The maximum Gasteiger partial charge on any atom is 0.138 e. The van der Waals surface area contributed by atoms with E-state index in [1.807, 2.05) is 12.1 Å². The van der Waals surface area contributed by atoms with Gasteiger partial charge in [-0.15, -0.1) is 23.7 Å². The van der Waals surface area contributed by atoms with Crippen LogP contribution in [0.15, 0.2) is 72.4 Å². The van der Waals surface area contributed by atoms with E-state index >= 15 is 0 Å². The second kappa shape index (κ2) is 8.10. The highest BCUT2D eigenvalue weighted by Gasteiger charge is 2.12. The monoisotopic (exact) mass is 367 g/mol. The molecule has 4 rings (SSSR count). The average Bonchev–Trinajstić information content (AvgIpc) is 3.08. The molecule has 0 aliphatic rings. The van der Waals surface area contributed by atoms with Crippen LogP contribution in [-0.4, -0.2) is 16.5 Å². The Bertz CT molecular complexity index is 939. The Morgan fingerprint density at radius 1 is 0.880 bits per heavy atom. The van der Waals surface area contributed by atoms with Crippen molar-refractivity contribution in [3.63, 3.8) is 0 Å². The highest BCUT2D eigenvalue weighted by atomic mass is 35.5. The maximum atomic E-state index is 4.48. The van der Waals surface area contributed by atoms with Crippen LogP contribution in [0.5, 0.6) is 0 Å². The molecule has 0 saturated heterocycles. The molecule has 0 bridgehead atoms. The number of benzene rings is 2. The van der Waals surface area contributed by atoms with Gasteiger partial charge in [0.25, 0.3) is 0 Å². The van der Waals surface area contributed by atoms with E-state index in [1.165, 1.54) is 16.7 Å². The third kappa shape index (κ3) is 3.81. The van der Waals surface area contributed by atoms with Crippen LogP contribution in [0.3, 0.4) is 0 Å². The summed E-state index contributed by atoms with van der Waals surface area (Å²) in [6, 6.07) is 20.9. The summed E-state index contributed by atoms with van der Waals surface area (Å²) < 4.78 is 0. The first-order valence-corrected chi connectivity index (χ1v) is 8.85. The lowest BCUT2D eigenvalue weighted by atomic mass is 10.1. The van der Waals surface area contributed by atoms with E-state index in [2.05, 4.69) is 69.2 Å². The summed E-state index contributed by atoms with van der Waals surface area (Å²) in [5.74, 6) is 0.913. The number of anilines is 1. The largest absolute Gasteiger partial charge is 0.369 e. The standard InChI is InChI=1S/C20H17N3S.ClH/c1-3-7-15(8-4-1)11-12-21-19-18-17(16-9-5-2-6-10-16)13-24-20(18)23-14-22-19;/h1-10,13-14H,11-12H2,(H,21,22,23);1H. The molecule has 126 valence electrons. The minimum absolute atomic E-state index is 0. The molecule has 0 saturated carbocycles. The van der Waals surface area contributed by atoms with Crippen molar-refractivity contribution in [3.8, 4) is 11.1 Å². The van der Waals surface area contributed by atoms with Gasteiger partial charge in [-0.1, -0.05) is 60.7 Å². The number of aromatic nitrogens is 2. The van der Waals surface area contributed by atoms with Gasteiger partial charge in [-0.25, -0.2) is 9.97 Å². The quantitative estimate of drug-likeness (QED) is 0.510. The first-order chi connectivity index (χ1) is 11.9. The van der Waals surface area contributed by atoms with E-state index in [0.29, 0.717) is 0 Å². The normalized spacial score (nSPS) is 10.4. The van der Waals surface area contributed by atoms with Crippen molar-refractivity contribution in [1.82, 2.24) is 9.97 Å². The molecular formula is C20H18ClN3S. The number of thiophene rings is 1. The van der Waals surface area contributed by atoms with Gasteiger partial charge in [0.15, 0.2) is 0 Å². The lowest BCUT2D eigenvalue weighted by Crippen LogP contribution is -2.06. The number of hydrogen-bond acceptors (Lipinski definition) is 4. The van der Waals surface area contributed by atoms with Crippen molar-refractivity contribution in [2.45, 2.75) is 6.42 Å². The van der Waals surface area contributed by atoms with Crippen LogP contribution in [0.4, 0.5) is 5.82 Å². The van der Waals surface area contributed by atoms with Crippen LogP contribution in [0.2, 0.25) is 0 Å². The number of halogens is 1. The third-order valence-electron chi connectivity index (χ3n) is 4.00. The van der Waals surface area contributed by atoms with Gasteiger partial charge in [-0.2, -0.15) is 0 Å². The van der Waals surface area contributed by atoms with Crippen LogP contribution in [-0.2, 0) is 6.42 Å². The van der Waals surface area contributed by atoms with E-state index in [0.717, 1.165) is 29.0 Å². The predicted octanol–water partition coefficient (Wildman–Crippen LogP) is 5.43. The van der Waals surface area contributed by atoms with Gasteiger partial charge in [-0.05, 0) is 17.5 Å². The number of rotatable bonds is 5. The van der Waals surface area contributed by atoms with Crippen LogP contribution in [0.25, 0.3) is 21.3 Å². The smallest absolute Gasteiger partial charge is 0.138 e. The summed E-state index contributed by atoms with van der Waals surface area (Å²) in [6.45, 7) is 0.847.